The number of amides is 1. The van der Waals surface area contributed by atoms with Gasteiger partial charge in [-0.15, -0.1) is 11.3 Å². The predicted molar refractivity (Wildman–Crippen MR) is 125 cm³/mol. The summed E-state index contributed by atoms with van der Waals surface area (Å²) in [7, 11) is 1.63. The molecule has 0 spiro atoms. The van der Waals surface area contributed by atoms with Gasteiger partial charge in [-0.3, -0.25) is 9.78 Å². The Kier molecular flexibility index (Phi) is 5.84. The van der Waals surface area contributed by atoms with Gasteiger partial charge in [0.05, 0.1) is 47.6 Å². The average molecular weight is 452 g/mol. The highest BCUT2D eigenvalue weighted by Gasteiger charge is 2.20. The van der Waals surface area contributed by atoms with Crippen LogP contribution in [0.5, 0.6) is 5.75 Å². The Balaban J connectivity index is 1.87. The number of thiazole rings is 1. The molecule has 4 aromatic rings. The summed E-state index contributed by atoms with van der Waals surface area (Å²) in [6.45, 7) is 8.33. The number of rotatable bonds is 7. The van der Waals surface area contributed by atoms with E-state index in [1.807, 2.05) is 39.8 Å². The minimum Gasteiger partial charge on any atom is -0.496 e. The van der Waals surface area contributed by atoms with E-state index in [-0.39, 0.29) is 6.42 Å². The number of aryl methyl sites for hydroxylation is 4. The number of benzene rings is 1. The number of ether oxygens (including phenoxy) is 1. The lowest BCUT2D eigenvalue weighted by Crippen LogP contribution is -2.15. The topological polar surface area (TPSA) is 116 Å². The first-order chi connectivity index (χ1) is 15.3. The van der Waals surface area contributed by atoms with Crippen LogP contribution < -0.4 is 15.8 Å². The fraction of sp³-hybridized carbons (Fsp3) is 0.304. The molecule has 0 bridgehead atoms. The monoisotopic (exact) mass is 451 g/mol. The number of methoxy groups -OCH3 is 1. The van der Waals surface area contributed by atoms with Gasteiger partial charge in [0.15, 0.2) is 0 Å². The van der Waals surface area contributed by atoms with Crippen molar-refractivity contribution in [1.82, 2.24) is 15.1 Å². The summed E-state index contributed by atoms with van der Waals surface area (Å²) >= 11 is 1.65. The predicted octanol–water partition coefficient (Wildman–Crippen LogP) is 4.23. The number of fused-ring (bicyclic) bond motifs is 1. The van der Waals surface area contributed by atoms with Gasteiger partial charge in [-0.2, -0.15) is 0 Å². The zero-order valence-electron chi connectivity index (χ0n) is 18.7. The molecule has 0 unspecified atom stereocenters. The molecule has 0 aliphatic heterocycles. The van der Waals surface area contributed by atoms with Crippen LogP contribution in [0.4, 0.5) is 5.69 Å². The van der Waals surface area contributed by atoms with Crippen LogP contribution >= 0.6 is 11.3 Å². The van der Waals surface area contributed by atoms with E-state index in [1.54, 1.807) is 24.6 Å². The van der Waals surface area contributed by atoms with Crippen LogP contribution in [-0.2, 0) is 17.8 Å². The molecule has 0 radical (unpaired) electrons. The second-order valence-corrected chi connectivity index (χ2v) is 8.95. The largest absolute Gasteiger partial charge is 0.496 e. The maximum absolute atomic E-state index is 11.7. The molecule has 32 heavy (non-hydrogen) atoms. The van der Waals surface area contributed by atoms with Gasteiger partial charge < -0.3 is 20.3 Å². The SMILES string of the molecule is COc1cc2c(NCc3sc(C)nc3C)c(CC(N)=O)cnc2cc1-c1c(C)noc1C. The van der Waals surface area contributed by atoms with Crippen LogP contribution in [0.1, 0.15) is 32.6 Å². The zero-order chi connectivity index (χ0) is 23.0. The minimum absolute atomic E-state index is 0.0832. The molecular formula is C23H25N5O3S. The van der Waals surface area contributed by atoms with Crippen molar-refractivity contribution < 1.29 is 14.1 Å². The lowest BCUT2D eigenvalue weighted by Gasteiger charge is -2.16. The number of aromatic nitrogens is 3. The van der Waals surface area contributed by atoms with Crippen molar-refractivity contribution in [3.8, 4) is 16.9 Å². The first-order valence-electron chi connectivity index (χ1n) is 10.2. The van der Waals surface area contributed by atoms with Crippen LogP contribution in [0.3, 0.4) is 0 Å². The standard InChI is InChI=1S/C23H25N5O3S/c1-11-20(32-14(4)27-11)10-26-23-15(6-21(24)29)9-25-18-7-17(19(30-5)8-16(18)23)22-12(2)28-31-13(22)3/h7-9H,6,10H2,1-5H3,(H2,24,29)(H,25,26). The third kappa shape index (κ3) is 4.03. The summed E-state index contributed by atoms with van der Waals surface area (Å²) in [5.41, 5.74) is 11.3. The fourth-order valence-electron chi connectivity index (χ4n) is 3.93. The number of hydrogen-bond acceptors (Lipinski definition) is 8. The molecular weight excluding hydrogens is 426 g/mol. The maximum atomic E-state index is 11.7. The van der Waals surface area contributed by atoms with Gasteiger partial charge in [0.1, 0.15) is 11.5 Å². The Hall–Kier alpha value is -3.46. The number of carbonyl (C=O) groups is 1. The molecule has 166 valence electrons. The molecule has 3 aromatic heterocycles. The highest BCUT2D eigenvalue weighted by Crippen LogP contribution is 2.40. The Morgan fingerprint density at radius 2 is 2.00 bits per heavy atom. The van der Waals surface area contributed by atoms with Crippen LogP contribution in [-0.4, -0.2) is 28.1 Å². The quantitative estimate of drug-likeness (QED) is 0.432. The van der Waals surface area contributed by atoms with Gasteiger partial charge >= 0.3 is 0 Å². The summed E-state index contributed by atoms with van der Waals surface area (Å²) in [5.74, 6) is 0.955. The Bertz CT molecular complexity index is 1310. The first-order valence-corrected chi connectivity index (χ1v) is 11.0. The van der Waals surface area contributed by atoms with Crippen molar-refractivity contribution in [3.05, 3.63) is 50.9 Å². The number of nitrogens with one attached hydrogen (secondary N) is 1. The van der Waals surface area contributed by atoms with Crippen LogP contribution in [0.2, 0.25) is 0 Å². The average Bonchev–Trinajstić information content (AvgIpc) is 3.25. The molecule has 3 heterocycles. The van der Waals surface area contributed by atoms with E-state index in [4.69, 9.17) is 15.0 Å². The van der Waals surface area contributed by atoms with Crippen LogP contribution in [0.15, 0.2) is 22.9 Å². The lowest BCUT2D eigenvalue weighted by molar-refractivity contribution is -0.117. The summed E-state index contributed by atoms with van der Waals surface area (Å²) in [4.78, 5) is 22.0. The minimum atomic E-state index is -0.418. The van der Waals surface area contributed by atoms with Crippen molar-refractivity contribution in [3.63, 3.8) is 0 Å². The van der Waals surface area contributed by atoms with Gasteiger partial charge in [0.2, 0.25) is 5.91 Å². The van der Waals surface area contributed by atoms with E-state index in [2.05, 4.69) is 20.4 Å². The number of carbonyl (C=O) groups excluding carboxylic acids is 1. The van der Waals surface area contributed by atoms with E-state index in [0.29, 0.717) is 18.1 Å². The smallest absolute Gasteiger partial charge is 0.221 e. The molecule has 0 aliphatic rings. The molecule has 1 amide bonds. The molecule has 0 atom stereocenters. The second-order valence-electron chi connectivity index (χ2n) is 7.67. The van der Waals surface area contributed by atoms with Crippen molar-refractivity contribution in [2.24, 2.45) is 5.73 Å². The molecule has 0 aliphatic carbocycles. The number of nitrogens with zero attached hydrogens (tertiary/aromatic N) is 3. The van der Waals surface area contributed by atoms with Crippen LogP contribution in [0, 0.1) is 27.7 Å². The van der Waals surface area contributed by atoms with Crippen LogP contribution in [0.25, 0.3) is 22.0 Å². The lowest BCUT2D eigenvalue weighted by atomic mass is 9.98. The summed E-state index contributed by atoms with van der Waals surface area (Å²) < 4.78 is 11.1. The Labute approximate surface area is 189 Å². The third-order valence-corrected chi connectivity index (χ3v) is 6.43. The highest BCUT2D eigenvalue weighted by atomic mass is 32.1. The van der Waals surface area contributed by atoms with Gasteiger partial charge in [0.25, 0.3) is 0 Å². The third-order valence-electron chi connectivity index (χ3n) is 5.36. The molecule has 0 saturated heterocycles. The first kappa shape index (κ1) is 21.8. The molecule has 9 heteroatoms. The van der Waals surface area contributed by atoms with Crippen molar-refractivity contribution in [2.75, 3.05) is 12.4 Å². The number of hydrogen-bond donors (Lipinski definition) is 2. The van der Waals surface area contributed by atoms with Crippen molar-refractivity contribution in [2.45, 2.75) is 40.7 Å². The van der Waals surface area contributed by atoms with Gasteiger partial charge in [-0.25, -0.2) is 4.98 Å². The van der Waals surface area contributed by atoms with Gasteiger partial charge in [0, 0.05) is 33.3 Å². The molecule has 3 N–H and O–H groups in total. The summed E-state index contributed by atoms with van der Waals surface area (Å²) in [6, 6.07) is 3.89. The van der Waals surface area contributed by atoms with Crippen molar-refractivity contribution in [1.29, 1.82) is 0 Å². The maximum Gasteiger partial charge on any atom is 0.221 e. The molecule has 1 aromatic carbocycles. The van der Waals surface area contributed by atoms with E-state index in [9.17, 15) is 4.79 Å². The molecule has 0 fully saturated rings. The number of nitrogens with two attached hydrogens (primary N) is 1. The molecule has 8 nitrogen and oxygen atoms in total. The van der Waals surface area contributed by atoms with Gasteiger partial charge in [-0.1, -0.05) is 5.16 Å². The number of pyridine rings is 1. The summed E-state index contributed by atoms with van der Waals surface area (Å²) in [6.07, 6.45) is 1.78. The van der Waals surface area contributed by atoms with Crippen molar-refractivity contribution >= 4 is 33.8 Å². The zero-order valence-corrected chi connectivity index (χ0v) is 19.5. The summed E-state index contributed by atoms with van der Waals surface area (Å²) in [5, 5.41) is 9.42. The normalized spacial score (nSPS) is 11.2. The molecule has 4 rings (SSSR count). The van der Waals surface area contributed by atoms with E-state index < -0.39 is 5.91 Å². The van der Waals surface area contributed by atoms with Gasteiger partial charge in [-0.05, 0) is 39.8 Å². The van der Waals surface area contributed by atoms with E-state index in [1.165, 1.54) is 0 Å². The fourth-order valence-corrected chi connectivity index (χ4v) is 4.81. The van der Waals surface area contributed by atoms with E-state index >= 15 is 0 Å². The molecule has 0 saturated carbocycles. The highest BCUT2D eigenvalue weighted by molar-refractivity contribution is 7.11. The van der Waals surface area contributed by atoms with E-state index in [0.717, 1.165) is 54.6 Å². The number of primary amides is 1. The second kappa shape index (κ2) is 8.58. The Morgan fingerprint density at radius 3 is 2.59 bits per heavy atom. The Morgan fingerprint density at radius 1 is 1.22 bits per heavy atom. The number of anilines is 1.